The van der Waals surface area contributed by atoms with Crippen molar-refractivity contribution in [3.63, 3.8) is 0 Å². The monoisotopic (exact) mass is 360 g/mol. The summed E-state index contributed by atoms with van der Waals surface area (Å²) in [6.45, 7) is 3.69. The standard InChI is InChI=1S/C17H24N6O3/c1-11-10-13(21-26-11)19-16(24)14-12-6-4-5-8-23(12)15(20-14)17(25)18-7-9-22(2)3/h10H,4-9H2,1-3H3,(H,18,25)(H,19,21,24). The van der Waals surface area contributed by atoms with Crippen molar-refractivity contribution < 1.29 is 14.1 Å². The van der Waals surface area contributed by atoms with Gasteiger partial charge in [0, 0.05) is 25.7 Å². The molecule has 0 aliphatic carbocycles. The van der Waals surface area contributed by atoms with E-state index in [2.05, 4.69) is 20.8 Å². The lowest BCUT2D eigenvalue weighted by molar-refractivity contribution is 0.0935. The largest absolute Gasteiger partial charge is 0.360 e. The highest BCUT2D eigenvalue weighted by Gasteiger charge is 2.27. The minimum atomic E-state index is -0.378. The molecule has 0 fully saturated rings. The second-order valence-electron chi connectivity index (χ2n) is 6.68. The van der Waals surface area contributed by atoms with E-state index >= 15 is 0 Å². The van der Waals surface area contributed by atoms with E-state index in [1.807, 2.05) is 23.6 Å². The molecule has 1 aliphatic heterocycles. The number of imidazole rings is 1. The molecule has 3 heterocycles. The van der Waals surface area contributed by atoms with Gasteiger partial charge in [0.1, 0.15) is 5.76 Å². The molecule has 0 saturated carbocycles. The van der Waals surface area contributed by atoms with Crippen molar-refractivity contribution in [2.75, 3.05) is 32.5 Å². The van der Waals surface area contributed by atoms with E-state index in [9.17, 15) is 9.59 Å². The quantitative estimate of drug-likeness (QED) is 0.798. The van der Waals surface area contributed by atoms with Crippen LogP contribution in [0.25, 0.3) is 0 Å². The second-order valence-corrected chi connectivity index (χ2v) is 6.68. The van der Waals surface area contributed by atoms with Gasteiger partial charge in [0.2, 0.25) is 0 Å². The van der Waals surface area contributed by atoms with E-state index < -0.39 is 0 Å². The highest BCUT2D eigenvalue weighted by molar-refractivity contribution is 6.04. The number of carbonyl (C=O) groups excluding carboxylic acids is 2. The molecule has 140 valence electrons. The fourth-order valence-corrected chi connectivity index (χ4v) is 2.97. The third-order valence-electron chi connectivity index (χ3n) is 4.25. The van der Waals surface area contributed by atoms with Crippen molar-refractivity contribution in [2.24, 2.45) is 0 Å². The van der Waals surface area contributed by atoms with Crippen LogP contribution in [0.2, 0.25) is 0 Å². The summed E-state index contributed by atoms with van der Waals surface area (Å²) < 4.78 is 6.82. The number of aromatic nitrogens is 3. The van der Waals surface area contributed by atoms with Crippen LogP contribution in [-0.4, -0.2) is 58.6 Å². The smallest absolute Gasteiger partial charge is 0.287 e. The molecule has 0 aromatic carbocycles. The average Bonchev–Trinajstić information content (AvgIpc) is 3.18. The Morgan fingerprint density at radius 2 is 2.12 bits per heavy atom. The Morgan fingerprint density at radius 3 is 2.81 bits per heavy atom. The Hall–Kier alpha value is -2.68. The molecule has 9 nitrogen and oxygen atoms in total. The number of carbonyl (C=O) groups is 2. The molecular formula is C17H24N6O3. The molecule has 26 heavy (non-hydrogen) atoms. The molecule has 2 aromatic heterocycles. The summed E-state index contributed by atoms with van der Waals surface area (Å²) in [6.07, 6.45) is 2.65. The number of anilines is 1. The van der Waals surface area contributed by atoms with E-state index in [0.29, 0.717) is 30.5 Å². The predicted molar refractivity (Wildman–Crippen MR) is 95.2 cm³/mol. The minimum Gasteiger partial charge on any atom is -0.360 e. The van der Waals surface area contributed by atoms with Crippen LogP contribution in [0.1, 0.15) is 45.4 Å². The van der Waals surface area contributed by atoms with Crippen molar-refractivity contribution in [1.82, 2.24) is 24.9 Å². The van der Waals surface area contributed by atoms with Gasteiger partial charge in [-0.25, -0.2) is 4.98 Å². The van der Waals surface area contributed by atoms with Gasteiger partial charge in [0.15, 0.2) is 17.3 Å². The van der Waals surface area contributed by atoms with Crippen LogP contribution in [0.5, 0.6) is 0 Å². The summed E-state index contributed by atoms with van der Waals surface area (Å²) in [4.78, 5) is 31.5. The zero-order chi connectivity index (χ0) is 18.7. The first-order valence-corrected chi connectivity index (χ1v) is 8.72. The van der Waals surface area contributed by atoms with E-state index in [-0.39, 0.29) is 17.5 Å². The lowest BCUT2D eigenvalue weighted by Crippen LogP contribution is -2.33. The van der Waals surface area contributed by atoms with Crippen LogP contribution in [0.3, 0.4) is 0 Å². The van der Waals surface area contributed by atoms with Gasteiger partial charge in [0.25, 0.3) is 11.8 Å². The zero-order valence-corrected chi connectivity index (χ0v) is 15.3. The molecule has 3 rings (SSSR count). The maximum Gasteiger partial charge on any atom is 0.287 e. The van der Waals surface area contributed by atoms with Gasteiger partial charge >= 0.3 is 0 Å². The molecule has 0 saturated heterocycles. The summed E-state index contributed by atoms with van der Waals surface area (Å²) in [5.41, 5.74) is 1.08. The van der Waals surface area contributed by atoms with E-state index in [0.717, 1.165) is 31.5 Å². The van der Waals surface area contributed by atoms with Crippen molar-refractivity contribution >= 4 is 17.6 Å². The topological polar surface area (TPSA) is 105 Å². The van der Waals surface area contributed by atoms with Crippen molar-refractivity contribution in [2.45, 2.75) is 32.7 Å². The maximum atomic E-state index is 12.6. The number of nitrogens with one attached hydrogen (secondary N) is 2. The van der Waals surface area contributed by atoms with Crippen LogP contribution in [-0.2, 0) is 13.0 Å². The molecule has 0 radical (unpaired) electrons. The lowest BCUT2D eigenvalue weighted by Gasteiger charge is -2.17. The average molecular weight is 360 g/mol. The normalized spacial score (nSPS) is 13.5. The molecule has 2 N–H and O–H groups in total. The highest BCUT2D eigenvalue weighted by Crippen LogP contribution is 2.22. The van der Waals surface area contributed by atoms with Crippen LogP contribution in [0, 0.1) is 6.92 Å². The number of nitrogens with zero attached hydrogens (tertiary/aromatic N) is 4. The first kappa shape index (κ1) is 18.1. The lowest BCUT2D eigenvalue weighted by atomic mass is 10.1. The molecule has 1 aliphatic rings. The van der Waals surface area contributed by atoms with Crippen LogP contribution < -0.4 is 10.6 Å². The second kappa shape index (κ2) is 7.69. The van der Waals surface area contributed by atoms with Gasteiger partial charge in [-0.2, -0.15) is 0 Å². The molecule has 0 spiro atoms. The number of amides is 2. The van der Waals surface area contributed by atoms with Crippen molar-refractivity contribution in [3.05, 3.63) is 29.0 Å². The minimum absolute atomic E-state index is 0.258. The molecule has 0 unspecified atom stereocenters. The Morgan fingerprint density at radius 1 is 1.31 bits per heavy atom. The molecule has 9 heteroatoms. The number of likely N-dealkylation sites (N-methyl/N-ethyl adjacent to an activating group) is 1. The summed E-state index contributed by atoms with van der Waals surface area (Å²) in [7, 11) is 3.88. The van der Waals surface area contributed by atoms with E-state index in [1.54, 1.807) is 13.0 Å². The molecule has 2 aromatic rings. The maximum absolute atomic E-state index is 12.6. The molecule has 0 bridgehead atoms. The fraction of sp³-hybridized carbons (Fsp3) is 0.529. The van der Waals surface area contributed by atoms with Gasteiger partial charge < -0.3 is 24.6 Å². The molecule has 0 atom stereocenters. The Labute approximate surface area is 151 Å². The van der Waals surface area contributed by atoms with Crippen LogP contribution >= 0.6 is 0 Å². The van der Waals surface area contributed by atoms with Gasteiger partial charge in [-0.05, 0) is 40.3 Å². The number of hydrogen-bond acceptors (Lipinski definition) is 6. The van der Waals surface area contributed by atoms with Crippen molar-refractivity contribution in [1.29, 1.82) is 0 Å². The number of hydrogen-bond donors (Lipinski definition) is 2. The Balaban J connectivity index is 1.81. The number of aryl methyl sites for hydroxylation is 1. The summed E-state index contributed by atoms with van der Waals surface area (Å²) >= 11 is 0. The summed E-state index contributed by atoms with van der Waals surface area (Å²) in [6, 6.07) is 1.63. The third-order valence-corrected chi connectivity index (χ3v) is 4.25. The number of fused-ring (bicyclic) bond motifs is 1. The molecular weight excluding hydrogens is 336 g/mol. The first-order valence-electron chi connectivity index (χ1n) is 8.72. The van der Waals surface area contributed by atoms with E-state index in [4.69, 9.17) is 4.52 Å². The van der Waals surface area contributed by atoms with E-state index in [1.165, 1.54) is 0 Å². The number of rotatable bonds is 6. The SMILES string of the molecule is Cc1cc(NC(=O)c2nc(C(=O)NCCN(C)C)n3c2CCCC3)no1. The highest BCUT2D eigenvalue weighted by atomic mass is 16.5. The predicted octanol–water partition coefficient (Wildman–Crippen LogP) is 1.06. The van der Waals surface area contributed by atoms with Gasteiger partial charge in [-0.3, -0.25) is 9.59 Å². The van der Waals surface area contributed by atoms with Crippen LogP contribution in [0.4, 0.5) is 5.82 Å². The summed E-state index contributed by atoms with van der Waals surface area (Å²) in [5, 5.41) is 9.31. The molecule has 2 amide bonds. The van der Waals surface area contributed by atoms with Gasteiger partial charge in [-0.15, -0.1) is 0 Å². The first-order chi connectivity index (χ1) is 12.5. The third kappa shape index (κ3) is 3.93. The Bertz CT molecular complexity index is 808. The van der Waals surface area contributed by atoms with Crippen molar-refractivity contribution in [3.8, 4) is 0 Å². The van der Waals surface area contributed by atoms with Crippen LogP contribution in [0.15, 0.2) is 10.6 Å². The fourth-order valence-electron chi connectivity index (χ4n) is 2.97. The Kier molecular flexibility index (Phi) is 5.36. The zero-order valence-electron chi connectivity index (χ0n) is 15.3. The van der Waals surface area contributed by atoms with Gasteiger partial charge in [-0.1, -0.05) is 5.16 Å². The van der Waals surface area contributed by atoms with Gasteiger partial charge in [0.05, 0.1) is 5.69 Å². The summed E-state index contributed by atoms with van der Waals surface area (Å²) in [5.74, 6) is 0.595.